The molecule has 1 aromatic carbocycles. The van der Waals surface area contributed by atoms with Crippen LogP contribution in [0.1, 0.15) is 16.7 Å². The zero-order valence-corrected chi connectivity index (χ0v) is 15.1. The van der Waals surface area contributed by atoms with E-state index in [-0.39, 0.29) is 0 Å². The molecule has 0 aliphatic carbocycles. The summed E-state index contributed by atoms with van der Waals surface area (Å²) in [5.74, 6) is 6.18. The Kier molecular flexibility index (Phi) is 4.65. The predicted molar refractivity (Wildman–Crippen MR) is 109 cm³/mol. The Balaban J connectivity index is 1.51. The second kappa shape index (κ2) is 7.41. The summed E-state index contributed by atoms with van der Waals surface area (Å²) in [4.78, 5) is 11.3. The summed E-state index contributed by atoms with van der Waals surface area (Å²) in [6.07, 6.45) is 7.88. The number of imidazole rings is 1. The second-order valence-corrected chi connectivity index (χ2v) is 6.50. The summed E-state index contributed by atoms with van der Waals surface area (Å²) in [5, 5.41) is 4.46. The number of H-pyrrole nitrogens is 1. The van der Waals surface area contributed by atoms with Gasteiger partial charge in [0.1, 0.15) is 5.82 Å². The Morgan fingerprint density at radius 1 is 1.11 bits per heavy atom. The van der Waals surface area contributed by atoms with Crippen molar-refractivity contribution >= 4 is 17.3 Å². The highest BCUT2D eigenvalue weighted by Crippen LogP contribution is 2.25. The molecule has 4 aromatic rings. The number of anilines is 3. The lowest BCUT2D eigenvalue weighted by Crippen LogP contribution is -2.13. The van der Waals surface area contributed by atoms with Crippen molar-refractivity contribution in [2.45, 2.75) is 13.0 Å². The van der Waals surface area contributed by atoms with Gasteiger partial charge in [0.05, 0.1) is 36.6 Å². The first kappa shape index (κ1) is 17.6. The fourth-order valence-electron chi connectivity index (χ4n) is 3.13. The van der Waals surface area contributed by atoms with E-state index in [9.17, 15) is 0 Å². The molecule has 0 amide bonds. The first-order valence-electron chi connectivity index (χ1n) is 8.73. The summed E-state index contributed by atoms with van der Waals surface area (Å²) in [6.45, 7) is 0.658. The molecule has 28 heavy (non-hydrogen) atoms. The van der Waals surface area contributed by atoms with Crippen LogP contribution in [0.25, 0.3) is 11.3 Å². The van der Waals surface area contributed by atoms with E-state index in [0.717, 1.165) is 27.9 Å². The number of hydrazine groups is 1. The van der Waals surface area contributed by atoms with E-state index in [1.807, 2.05) is 29.2 Å². The molecule has 0 saturated heterocycles. The van der Waals surface area contributed by atoms with E-state index in [1.54, 1.807) is 18.6 Å². The smallest absolute Gasteiger partial charge is 0.165 e. The first-order valence-corrected chi connectivity index (χ1v) is 8.73. The molecule has 4 rings (SSSR count). The van der Waals surface area contributed by atoms with Gasteiger partial charge in [-0.05, 0) is 34.4 Å². The maximum Gasteiger partial charge on any atom is 0.165 e. The van der Waals surface area contributed by atoms with Gasteiger partial charge in [-0.3, -0.25) is 4.68 Å². The molecule has 3 aromatic heterocycles. The van der Waals surface area contributed by atoms with E-state index >= 15 is 0 Å². The number of hydrogen-bond donors (Lipinski definition) is 5. The van der Waals surface area contributed by atoms with Gasteiger partial charge in [-0.1, -0.05) is 18.2 Å². The van der Waals surface area contributed by atoms with Gasteiger partial charge in [-0.15, -0.1) is 0 Å². The minimum absolute atomic E-state index is 0.361. The largest absolute Gasteiger partial charge is 0.395 e. The van der Waals surface area contributed by atoms with Gasteiger partial charge in [-0.25, -0.2) is 15.8 Å². The quantitative estimate of drug-likeness (QED) is 0.254. The van der Waals surface area contributed by atoms with E-state index in [1.165, 1.54) is 0 Å². The fraction of sp³-hybridized carbons (Fsp3) is 0.105. The highest BCUT2D eigenvalue weighted by molar-refractivity contribution is 5.68. The van der Waals surface area contributed by atoms with Crippen LogP contribution in [0.4, 0.5) is 17.3 Å². The highest BCUT2D eigenvalue weighted by Gasteiger charge is 2.10. The Bertz CT molecular complexity index is 1080. The van der Waals surface area contributed by atoms with Gasteiger partial charge < -0.3 is 21.9 Å². The summed E-state index contributed by atoms with van der Waals surface area (Å²) >= 11 is 0. The predicted octanol–water partition coefficient (Wildman–Crippen LogP) is 1.76. The molecule has 8 N–H and O–H groups in total. The third kappa shape index (κ3) is 3.64. The van der Waals surface area contributed by atoms with Crippen molar-refractivity contribution in [1.29, 1.82) is 0 Å². The SMILES string of the molecule is NNc1nc(N)cc(Cc2cnn(Cc3cccc(-c4cnc[nH]4)c3)c2)c1N. The molecule has 0 aliphatic heterocycles. The van der Waals surface area contributed by atoms with Crippen molar-refractivity contribution in [3.8, 4) is 11.3 Å². The average Bonchev–Trinajstić information content (AvgIpc) is 3.37. The molecular weight excluding hydrogens is 354 g/mol. The number of nitrogens with zero attached hydrogens (tertiary/aromatic N) is 4. The van der Waals surface area contributed by atoms with E-state index in [4.69, 9.17) is 17.3 Å². The average molecular weight is 375 g/mol. The molecule has 0 unspecified atom stereocenters. The third-order valence-electron chi connectivity index (χ3n) is 4.46. The zero-order chi connectivity index (χ0) is 19.5. The minimum atomic E-state index is 0.361. The minimum Gasteiger partial charge on any atom is -0.395 e. The van der Waals surface area contributed by atoms with Crippen LogP contribution in [0.2, 0.25) is 0 Å². The molecule has 0 radical (unpaired) electrons. The molecule has 0 saturated carbocycles. The number of nitrogens with two attached hydrogens (primary N) is 3. The molecule has 0 fully saturated rings. The first-order chi connectivity index (χ1) is 13.6. The third-order valence-corrected chi connectivity index (χ3v) is 4.46. The Labute approximate surface area is 161 Å². The number of benzene rings is 1. The lowest BCUT2D eigenvalue weighted by molar-refractivity contribution is 0.686. The number of aromatic amines is 1. The number of pyridine rings is 1. The van der Waals surface area contributed by atoms with Gasteiger partial charge in [0, 0.05) is 12.6 Å². The highest BCUT2D eigenvalue weighted by atomic mass is 15.3. The van der Waals surface area contributed by atoms with Crippen molar-refractivity contribution < 1.29 is 0 Å². The number of hydrogen-bond acceptors (Lipinski definition) is 7. The number of aromatic nitrogens is 5. The van der Waals surface area contributed by atoms with E-state index < -0.39 is 0 Å². The van der Waals surface area contributed by atoms with Crippen LogP contribution in [0.5, 0.6) is 0 Å². The summed E-state index contributed by atoms with van der Waals surface area (Å²) in [7, 11) is 0. The van der Waals surface area contributed by atoms with Crippen molar-refractivity contribution in [2.24, 2.45) is 5.84 Å². The van der Waals surface area contributed by atoms with Gasteiger partial charge >= 0.3 is 0 Å². The van der Waals surface area contributed by atoms with Crippen LogP contribution >= 0.6 is 0 Å². The van der Waals surface area contributed by atoms with Crippen LogP contribution in [0.15, 0.2) is 55.2 Å². The van der Waals surface area contributed by atoms with E-state index in [2.05, 4.69) is 37.6 Å². The Morgan fingerprint density at radius 3 is 2.79 bits per heavy atom. The molecule has 3 heterocycles. The second-order valence-electron chi connectivity index (χ2n) is 6.50. The van der Waals surface area contributed by atoms with Crippen LogP contribution in [-0.2, 0) is 13.0 Å². The monoisotopic (exact) mass is 375 g/mol. The maximum absolute atomic E-state index is 6.11. The van der Waals surface area contributed by atoms with Crippen molar-refractivity contribution in [3.05, 3.63) is 71.9 Å². The van der Waals surface area contributed by atoms with Crippen LogP contribution in [0.3, 0.4) is 0 Å². The molecule has 0 atom stereocenters. The van der Waals surface area contributed by atoms with E-state index in [0.29, 0.717) is 30.3 Å². The van der Waals surface area contributed by atoms with Gasteiger partial charge in [0.15, 0.2) is 5.82 Å². The maximum atomic E-state index is 6.11. The van der Waals surface area contributed by atoms with Crippen molar-refractivity contribution in [1.82, 2.24) is 24.7 Å². The standard InChI is InChI=1S/C19H21N9/c20-17-6-15(18(21)19(26-17)27-22)5-13-7-25-28(10-13)9-12-2-1-3-14(4-12)16-8-23-11-24-16/h1-4,6-8,10-11H,5,9,21-22H2,(H,23,24)(H3,20,26,27). The zero-order valence-electron chi connectivity index (χ0n) is 15.1. The van der Waals surface area contributed by atoms with Crippen LogP contribution in [0, 0.1) is 0 Å². The van der Waals surface area contributed by atoms with Crippen molar-refractivity contribution in [2.75, 3.05) is 16.9 Å². The molecule has 0 bridgehead atoms. The van der Waals surface area contributed by atoms with Crippen LogP contribution in [-0.4, -0.2) is 24.7 Å². The van der Waals surface area contributed by atoms with Crippen LogP contribution < -0.4 is 22.7 Å². The van der Waals surface area contributed by atoms with Gasteiger partial charge in [0.2, 0.25) is 0 Å². The number of rotatable bonds is 6. The molecule has 0 spiro atoms. The number of nitrogens with one attached hydrogen (secondary N) is 2. The van der Waals surface area contributed by atoms with Gasteiger partial charge in [0.25, 0.3) is 0 Å². The number of nitrogen functional groups attached to an aromatic ring is 3. The molecule has 142 valence electrons. The fourth-order valence-corrected chi connectivity index (χ4v) is 3.13. The Hall–Kier alpha value is -3.85. The topological polar surface area (TPSA) is 149 Å². The lowest BCUT2D eigenvalue weighted by Gasteiger charge is -2.10. The summed E-state index contributed by atoms with van der Waals surface area (Å²) in [5.41, 5.74) is 20.0. The lowest BCUT2D eigenvalue weighted by atomic mass is 10.1. The molecule has 9 nitrogen and oxygen atoms in total. The molecular formula is C19H21N9. The van der Waals surface area contributed by atoms with Gasteiger partial charge in [-0.2, -0.15) is 5.10 Å². The molecule has 0 aliphatic rings. The molecule has 9 heteroatoms. The summed E-state index contributed by atoms with van der Waals surface area (Å²) < 4.78 is 1.89. The Morgan fingerprint density at radius 2 is 2.00 bits per heavy atom. The normalized spacial score (nSPS) is 10.9. The van der Waals surface area contributed by atoms with Crippen molar-refractivity contribution in [3.63, 3.8) is 0 Å². The summed E-state index contributed by atoms with van der Waals surface area (Å²) in [6, 6.07) is 10.0.